The average Bonchev–Trinajstić information content (AvgIpc) is 3.15. The maximum absolute atomic E-state index is 11.0. The molecule has 1 aliphatic carbocycles. The molecule has 0 spiro atoms. The molecule has 1 unspecified atom stereocenters. The van der Waals surface area contributed by atoms with E-state index in [4.69, 9.17) is 20.9 Å². The second-order valence-corrected chi connectivity index (χ2v) is 10.7. The van der Waals surface area contributed by atoms with Gasteiger partial charge in [0.05, 0.1) is 23.2 Å². The van der Waals surface area contributed by atoms with E-state index >= 15 is 0 Å². The van der Waals surface area contributed by atoms with Crippen LogP contribution in [0.3, 0.4) is 0 Å². The summed E-state index contributed by atoms with van der Waals surface area (Å²) in [4.78, 5) is 10.8. The lowest BCUT2D eigenvalue weighted by Gasteiger charge is -2.41. The van der Waals surface area contributed by atoms with Crippen molar-refractivity contribution in [2.45, 2.75) is 58.5 Å². The Balaban J connectivity index is 1.83. The molecule has 0 saturated heterocycles. The van der Waals surface area contributed by atoms with Crippen molar-refractivity contribution in [3.05, 3.63) is 57.6 Å². The Morgan fingerprint density at radius 3 is 2.68 bits per heavy atom. The summed E-state index contributed by atoms with van der Waals surface area (Å²) < 4.78 is 10.6. The first-order valence-corrected chi connectivity index (χ1v) is 12.3. The highest BCUT2D eigenvalue weighted by Gasteiger charge is 2.51. The minimum atomic E-state index is -1.15. The molecule has 1 atom stereocenters. The fraction of sp³-hybridized carbons (Fsp3) is 0.464. The van der Waals surface area contributed by atoms with Crippen LogP contribution in [0.25, 0.3) is 0 Å². The highest BCUT2D eigenvalue weighted by atomic mass is 16.5. The molecule has 2 heterocycles. The maximum atomic E-state index is 11.0. The van der Waals surface area contributed by atoms with Gasteiger partial charge in [-0.2, -0.15) is 5.26 Å². The second kappa shape index (κ2) is 9.49. The van der Waals surface area contributed by atoms with E-state index in [1.165, 1.54) is 0 Å². The first kappa shape index (κ1) is 26.1. The van der Waals surface area contributed by atoms with Gasteiger partial charge in [0.1, 0.15) is 11.6 Å². The Hall–Kier alpha value is -3.95. The van der Waals surface area contributed by atoms with Crippen LogP contribution in [-0.2, 0) is 15.8 Å². The largest absolute Gasteiger partial charge is 0.449 e. The van der Waals surface area contributed by atoms with E-state index in [0.29, 0.717) is 23.6 Å². The Morgan fingerprint density at radius 2 is 2.08 bits per heavy atom. The SMILES string of the molecule is Cc1[nH]nc2c1C(c1cc(C#CC3CC(COC(N)=O)C3)cc(C(C)(C)O)c1)(C(C)C)C(C#N)=C(N)O2. The van der Waals surface area contributed by atoms with Crippen molar-refractivity contribution >= 4 is 6.09 Å². The Labute approximate surface area is 216 Å². The number of benzene rings is 1. The van der Waals surface area contributed by atoms with Crippen molar-refractivity contribution in [2.24, 2.45) is 29.2 Å². The lowest BCUT2D eigenvalue weighted by molar-refractivity contribution is 0.0783. The number of aliphatic hydroxyl groups is 1. The van der Waals surface area contributed by atoms with Crippen LogP contribution < -0.4 is 16.2 Å². The zero-order valence-corrected chi connectivity index (χ0v) is 21.8. The number of ether oxygens (including phenoxy) is 2. The number of carbonyl (C=O) groups is 1. The van der Waals surface area contributed by atoms with Gasteiger partial charge in [-0.1, -0.05) is 31.8 Å². The van der Waals surface area contributed by atoms with E-state index in [2.05, 4.69) is 28.1 Å². The van der Waals surface area contributed by atoms with Crippen molar-refractivity contribution in [1.82, 2.24) is 10.2 Å². The normalized spacial score (nSPS) is 22.8. The van der Waals surface area contributed by atoms with Gasteiger partial charge in [-0.15, -0.1) is 5.10 Å². The average molecular weight is 504 g/mol. The molecule has 1 amide bonds. The molecular formula is C28H33N5O4. The van der Waals surface area contributed by atoms with Gasteiger partial charge in [-0.25, -0.2) is 4.79 Å². The number of rotatable bonds is 5. The van der Waals surface area contributed by atoms with Crippen molar-refractivity contribution in [3.63, 3.8) is 0 Å². The quantitative estimate of drug-likeness (QED) is 0.455. The molecule has 2 aliphatic rings. The Bertz CT molecular complexity index is 1360. The van der Waals surface area contributed by atoms with E-state index in [9.17, 15) is 15.2 Å². The molecule has 0 bridgehead atoms. The first-order chi connectivity index (χ1) is 17.4. The van der Waals surface area contributed by atoms with Gasteiger partial charge in [0.15, 0.2) is 0 Å². The number of primary amides is 1. The number of aromatic amines is 1. The molecule has 4 rings (SSSR count). The topological polar surface area (TPSA) is 160 Å². The Kier molecular flexibility index (Phi) is 6.70. The van der Waals surface area contributed by atoms with Gasteiger partial charge in [-0.05, 0) is 68.7 Å². The molecule has 2 aromatic rings. The van der Waals surface area contributed by atoms with Gasteiger partial charge in [0.25, 0.3) is 0 Å². The van der Waals surface area contributed by atoms with Crippen LogP contribution >= 0.6 is 0 Å². The molecule has 9 heteroatoms. The van der Waals surface area contributed by atoms with Crippen LogP contribution in [-0.4, -0.2) is 28.0 Å². The zero-order valence-electron chi connectivity index (χ0n) is 21.8. The molecule has 6 N–H and O–H groups in total. The minimum Gasteiger partial charge on any atom is -0.449 e. The van der Waals surface area contributed by atoms with Gasteiger partial charge < -0.3 is 26.0 Å². The lowest BCUT2D eigenvalue weighted by atomic mass is 9.61. The predicted molar refractivity (Wildman–Crippen MR) is 137 cm³/mol. The number of carbonyl (C=O) groups excluding carboxylic acids is 1. The van der Waals surface area contributed by atoms with Crippen LogP contribution in [0.1, 0.15) is 68.5 Å². The van der Waals surface area contributed by atoms with Crippen LogP contribution in [0.15, 0.2) is 29.7 Å². The predicted octanol–water partition coefficient (Wildman–Crippen LogP) is 3.45. The molecule has 37 heavy (non-hydrogen) atoms. The number of nitrogens with zero attached hydrogens (tertiary/aromatic N) is 2. The third-order valence-electron chi connectivity index (χ3n) is 7.35. The number of aryl methyl sites for hydroxylation is 1. The summed E-state index contributed by atoms with van der Waals surface area (Å²) in [5.41, 5.74) is 13.2. The number of fused-ring (bicyclic) bond motifs is 1. The van der Waals surface area contributed by atoms with Gasteiger partial charge in [0, 0.05) is 17.2 Å². The van der Waals surface area contributed by atoms with E-state index in [-0.39, 0.29) is 23.6 Å². The number of nitrogens with one attached hydrogen (secondary N) is 1. The van der Waals surface area contributed by atoms with Crippen LogP contribution in [0.2, 0.25) is 0 Å². The smallest absolute Gasteiger partial charge is 0.404 e. The summed E-state index contributed by atoms with van der Waals surface area (Å²) in [7, 11) is 0. The number of aromatic nitrogens is 2. The maximum Gasteiger partial charge on any atom is 0.404 e. The molecule has 0 radical (unpaired) electrons. The zero-order chi connectivity index (χ0) is 27.1. The Morgan fingerprint density at radius 1 is 1.38 bits per heavy atom. The number of hydrogen-bond acceptors (Lipinski definition) is 7. The summed E-state index contributed by atoms with van der Waals surface area (Å²) in [6, 6.07) is 8.05. The molecule has 1 aliphatic heterocycles. The monoisotopic (exact) mass is 503 g/mol. The third-order valence-corrected chi connectivity index (χ3v) is 7.35. The molecular weight excluding hydrogens is 470 g/mol. The van der Waals surface area contributed by atoms with E-state index in [0.717, 1.165) is 35.2 Å². The van der Waals surface area contributed by atoms with Gasteiger partial charge in [-0.3, -0.25) is 5.10 Å². The molecule has 1 aromatic heterocycles. The van der Waals surface area contributed by atoms with Crippen molar-refractivity contribution in [2.75, 3.05) is 6.61 Å². The number of amides is 1. The molecule has 194 valence electrons. The summed E-state index contributed by atoms with van der Waals surface area (Å²) in [6.07, 6.45) is 0.877. The summed E-state index contributed by atoms with van der Waals surface area (Å²) in [6.45, 7) is 9.68. The molecule has 9 nitrogen and oxygen atoms in total. The fourth-order valence-electron chi connectivity index (χ4n) is 5.42. The summed E-state index contributed by atoms with van der Waals surface area (Å²) in [5, 5.41) is 28.5. The van der Waals surface area contributed by atoms with Crippen LogP contribution in [0, 0.1) is 47.8 Å². The molecule has 1 fully saturated rings. The van der Waals surface area contributed by atoms with E-state index in [1.807, 2.05) is 39.0 Å². The highest BCUT2D eigenvalue weighted by molar-refractivity contribution is 5.64. The fourth-order valence-corrected chi connectivity index (χ4v) is 5.42. The number of nitrogens with two attached hydrogens (primary N) is 2. The minimum absolute atomic E-state index is 0.00943. The van der Waals surface area contributed by atoms with Crippen LogP contribution in [0.4, 0.5) is 4.79 Å². The van der Waals surface area contributed by atoms with Crippen molar-refractivity contribution in [3.8, 4) is 23.8 Å². The number of nitriles is 1. The van der Waals surface area contributed by atoms with Gasteiger partial charge >= 0.3 is 6.09 Å². The van der Waals surface area contributed by atoms with E-state index < -0.39 is 17.1 Å². The standard InChI is InChI=1S/C28H33N5O4/c1-15(2)28(22(13-29)24(30)37-25-23(28)16(3)32-33-25)21-11-18(10-20(12-21)27(4,5)35)7-6-17-8-19(9-17)14-36-26(31)34/h10-12,15,17,19,35H,8-9,14,30H2,1-5H3,(H2,31,34)(H,32,33). The molecule has 1 aromatic carbocycles. The second-order valence-electron chi connectivity index (χ2n) is 10.7. The number of allylic oxidation sites excluding steroid dienone is 1. The number of hydrogen-bond donors (Lipinski definition) is 4. The van der Waals surface area contributed by atoms with Gasteiger partial charge in [0.2, 0.25) is 11.8 Å². The lowest BCUT2D eigenvalue weighted by Crippen LogP contribution is -2.41. The first-order valence-electron chi connectivity index (χ1n) is 12.3. The number of H-pyrrole nitrogens is 1. The highest BCUT2D eigenvalue weighted by Crippen LogP contribution is 2.53. The molecule has 1 saturated carbocycles. The van der Waals surface area contributed by atoms with Crippen molar-refractivity contribution in [1.29, 1.82) is 5.26 Å². The van der Waals surface area contributed by atoms with Crippen molar-refractivity contribution < 1.29 is 19.4 Å². The van der Waals surface area contributed by atoms with E-state index in [1.54, 1.807) is 13.8 Å². The third kappa shape index (κ3) is 4.63. The summed E-state index contributed by atoms with van der Waals surface area (Å²) >= 11 is 0. The van der Waals surface area contributed by atoms with Crippen LogP contribution in [0.5, 0.6) is 5.88 Å². The summed E-state index contributed by atoms with van der Waals surface area (Å²) in [5.74, 6) is 7.25.